The highest BCUT2D eigenvalue weighted by atomic mass is 16.6. The summed E-state index contributed by atoms with van der Waals surface area (Å²) in [7, 11) is 0. The number of hydrogen-bond donors (Lipinski definition) is 0. The minimum atomic E-state index is -0.264. The zero-order valence-corrected chi connectivity index (χ0v) is 11.3. The van der Waals surface area contributed by atoms with Gasteiger partial charge in [0.1, 0.15) is 5.60 Å². The second kappa shape index (κ2) is 4.01. The zero-order valence-electron chi connectivity index (χ0n) is 11.3. The van der Waals surface area contributed by atoms with Gasteiger partial charge in [-0.1, -0.05) is 17.7 Å². The number of rotatable bonds is 1. The molecular weight excluding hydrogens is 212 g/mol. The molecule has 0 aromatic rings. The Kier molecular flexibility index (Phi) is 2.92. The Morgan fingerprint density at radius 2 is 2.06 bits per heavy atom. The monoisotopic (exact) mass is 234 g/mol. The Bertz CT molecular complexity index is 401. The molecule has 1 aliphatic carbocycles. The van der Waals surface area contributed by atoms with Crippen LogP contribution in [0.1, 0.15) is 47.0 Å². The van der Waals surface area contributed by atoms with E-state index in [4.69, 9.17) is 4.74 Å². The number of carbonyl (C=O) groups is 1. The topological polar surface area (TPSA) is 26.3 Å². The second-order valence-electron chi connectivity index (χ2n) is 5.98. The molecule has 1 saturated carbocycles. The van der Waals surface area contributed by atoms with Gasteiger partial charge in [-0.05, 0) is 52.9 Å². The number of esters is 1. The van der Waals surface area contributed by atoms with E-state index in [9.17, 15) is 4.79 Å². The summed E-state index contributed by atoms with van der Waals surface area (Å²) in [6.45, 7) is 12.2. The van der Waals surface area contributed by atoms with Crippen LogP contribution in [0.5, 0.6) is 0 Å². The smallest absolute Gasteiger partial charge is 0.334 e. The van der Waals surface area contributed by atoms with Gasteiger partial charge in [0.25, 0.3) is 0 Å². The molecule has 0 radical (unpaired) electrons. The van der Waals surface area contributed by atoms with Crippen LogP contribution in [0.2, 0.25) is 0 Å². The fourth-order valence-corrected chi connectivity index (χ4v) is 3.31. The Labute approximate surface area is 104 Å². The first-order valence-corrected chi connectivity index (χ1v) is 6.40. The average Bonchev–Trinajstić information content (AvgIpc) is 2.52. The number of ether oxygens (including phenoxy) is 1. The summed E-state index contributed by atoms with van der Waals surface area (Å²) in [4.78, 5) is 12.0. The first-order chi connectivity index (χ1) is 7.85. The first kappa shape index (κ1) is 12.4. The van der Waals surface area contributed by atoms with Gasteiger partial charge in [-0.15, -0.1) is 0 Å². The van der Waals surface area contributed by atoms with Gasteiger partial charge in [0, 0.05) is 11.5 Å². The predicted octanol–water partition coefficient (Wildman–Crippen LogP) is 3.63. The maximum absolute atomic E-state index is 12.0. The summed E-state index contributed by atoms with van der Waals surface area (Å²) in [5.74, 6) is 0.816. The second-order valence-corrected chi connectivity index (χ2v) is 5.98. The maximum Gasteiger partial charge on any atom is 0.334 e. The molecule has 17 heavy (non-hydrogen) atoms. The molecule has 3 atom stereocenters. The summed E-state index contributed by atoms with van der Waals surface area (Å²) in [6.07, 6.45) is 2.92. The highest BCUT2D eigenvalue weighted by molar-refractivity contribution is 5.90. The molecule has 0 aromatic heterocycles. The largest absolute Gasteiger partial charge is 0.456 e. The number of fused-ring (bicyclic) bond motifs is 1. The van der Waals surface area contributed by atoms with E-state index in [1.165, 1.54) is 5.57 Å². The summed E-state index contributed by atoms with van der Waals surface area (Å²) >= 11 is 0. The van der Waals surface area contributed by atoms with Crippen LogP contribution < -0.4 is 0 Å². The lowest BCUT2D eigenvalue weighted by atomic mass is 9.77. The molecule has 2 nitrogen and oxygen atoms in total. The van der Waals surface area contributed by atoms with E-state index in [0.717, 1.165) is 30.4 Å². The van der Waals surface area contributed by atoms with Gasteiger partial charge in [-0.2, -0.15) is 0 Å². The third kappa shape index (κ3) is 1.94. The van der Waals surface area contributed by atoms with Crippen LogP contribution >= 0.6 is 0 Å². The van der Waals surface area contributed by atoms with Crippen molar-refractivity contribution in [3.8, 4) is 0 Å². The van der Waals surface area contributed by atoms with Crippen LogP contribution in [0, 0.1) is 11.8 Å². The number of allylic oxidation sites excluding steroid dienone is 2. The standard InChI is InChI=1S/C15H22O2/c1-9(2)11-6-7-15(5)13(11)8-12(10(3)4)14(16)17-15/h11,13H,1,6-8H2,2-5H3/t11-,13-,15-/m0/s1. The van der Waals surface area contributed by atoms with Gasteiger partial charge in [-0.25, -0.2) is 4.79 Å². The summed E-state index contributed by atoms with van der Waals surface area (Å²) < 4.78 is 5.71. The Balaban J connectivity index is 2.34. The van der Waals surface area contributed by atoms with Crippen molar-refractivity contribution in [1.82, 2.24) is 0 Å². The molecule has 0 unspecified atom stereocenters. The van der Waals surface area contributed by atoms with Gasteiger partial charge < -0.3 is 4.74 Å². The van der Waals surface area contributed by atoms with Crippen LogP contribution in [0.25, 0.3) is 0 Å². The zero-order chi connectivity index (χ0) is 12.8. The van der Waals surface area contributed by atoms with Crippen LogP contribution in [0.15, 0.2) is 23.3 Å². The van der Waals surface area contributed by atoms with Gasteiger partial charge in [0.2, 0.25) is 0 Å². The molecule has 1 aliphatic heterocycles. The van der Waals surface area contributed by atoms with E-state index >= 15 is 0 Å². The SMILES string of the molecule is C=C(C)[C@@H]1CC[C@]2(C)OC(=O)C(=C(C)C)C[C@@H]12. The van der Waals surface area contributed by atoms with E-state index in [0.29, 0.717) is 11.8 Å². The Morgan fingerprint density at radius 1 is 1.41 bits per heavy atom. The van der Waals surface area contributed by atoms with E-state index in [-0.39, 0.29) is 11.6 Å². The molecule has 2 fully saturated rings. The van der Waals surface area contributed by atoms with Crippen molar-refractivity contribution in [3.63, 3.8) is 0 Å². The van der Waals surface area contributed by atoms with Crippen molar-refractivity contribution in [2.75, 3.05) is 0 Å². The molecule has 0 amide bonds. The molecule has 0 aromatic carbocycles. The number of hydrogen-bond acceptors (Lipinski definition) is 2. The lowest BCUT2D eigenvalue weighted by molar-refractivity contribution is -0.163. The highest BCUT2D eigenvalue weighted by Crippen LogP contribution is 2.51. The predicted molar refractivity (Wildman–Crippen MR) is 68.5 cm³/mol. The minimum Gasteiger partial charge on any atom is -0.456 e. The van der Waals surface area contributed by atoms with E-state index < -0.39 is 0 Å². The molecule has 94 valence electrons. The van der Waals surface area contributed by atoms with Gasteiger partial charge in [-0.3, -0.25) is 0 Å². The Hall–Kier alpha value is -1.05. The summed E-state index contributed by atoms with van der Waals surface area (Å²) in [6, 6.07) is 0. The summed E-state index contributed by atoms with van der Waals surface area (Å²) in [5.41, 5.74) is 2.93. The van der Waals surface area contributed by atoms with Crippen LogP contribution in [0.4, 0.5) is 0 Å². The lowest BCUT2D eigenvalue weighted by Crippen LogP contribution is -2.43. The van der Waals surface area contributed by atoms with Gasteiger partial charge >= 0.3 is 5.97 Å². The van der Waals surface area contributed by atoms with Crippen LogP contribution in [-0.2, 0) is 9.53 Å². The third-order valence-corrected chi connectivity index (χ3v) is 4.45. The van der Waals surface area contributed by atoms with Gasteiger partial charge in [0.05, 0.1) is 0 Å². The van der Waals surface area contributed by atoms with Crippen molar-refractivity contribution in [1.29, 1.82) is 0 Å². The lowest BCUT2D eigenvalue weighted by Gasteiger charge is -2.39. The molecule has 2 aliphatic rings. The van der Waals surface area contributed by atoms with Crippen molar-refractivity contribution in [2.24, 2.45) is 11.8 Å². The molecule has 2 heteroatoms. The maximum atomic E-state index is 12.0. The van der Waals surface area contributed by atoms with E-state index in [1.807, 2.05) is 13.8 Å². The summed E-state index contributed by atoms with van der Waals surface area (Å²) in [5, 5.41) is 0. The van der Waals surface area contributed by atoms with Crippen molar-refractivity contribution in [2.45, 2.75) is 52.6 Å². The molecule has 2 rings (SSSR count). The van der Waals surface area contributed by atoms with Crippen molar-refractivity contribution in [3.05, 3.63) is 23.3 Å². The highest BCUT2D eigenvalue weighted by Gasteiger charge is 2.51. The normalized spacial score (nSPS) is 36.5. The molecule has 1 heterocycles. The third-order valence-electron chi connectivity index (χ3n) is 4.45. The molecule has 0 N–H and O–H groups in total. The minimum absolute atomic E-state index is 0.105. The average molecular weight is 234 g/mol. The molecule has 0 spiro atoms. The molecule has 0 bridgehead atoms. The van der Waals surface area contributed by atoms with E-state index in [2.05, 4.69) is 20.4 Å². The number of carbonyl (C=O) groups excluding carboxylic acids is 1. The fourth-order valence-electron chi connectivity index (χ4n) is 3.31. The quantitative estimate of drug-likeness (QED) is 0.393. The van der Waals surface area contributed by atoms with Crippen molar-refractivity contribution >= 4 is 5.97 Å². The fraction of sp³-hybridized carbons (Fsp3) is 0.667. The Morgan fingerprint density at radius 3 is 2.59 bits per heavy atom. The van der Waals surface area contributed by atoms with Crippen LogP contribution in [0.3, 0.4) is 0 Å². The first-order valence-electron chi connectivity index (χ1n) is 6.40. The molecule has 1 saturated heterocycles. The van der Waals surface area contributed by atoms with E-state index in [1.54, 1.807) is 0 Å². The van der Waals surface area contributed by atoms with Gasteiger partial charge in [0.15, 0.2) is 0 Å². The molecular formula is C15H22O2. The van der Waals surface area contributed by atoms with Crippen molar-refractivity contribution < 1.29 is 9.53 Å². The van der Waals surface area contributed by atoms with Crippen LogP contribution in [-0.4, -0.2) is 11.6 Å².